The molecule has 4 aromatic rings. The van der Waals surface area contributed by atoms with Crippen molar-refractivity contribution in [1.29, 1.82) is 0 Å². The number of benzene rings is 3. The molecule has 8 nitrogen and oxygen atoms in total. The fourth-order valence-electron chi connectivity index (χ4n) is 4.84. The summed E-state index contributed by atoms with van der Waals surface area (Å²) in [6.07, 6.45) is 0.462. The molecule has 5 rings (SSSR count). The third-order valence-corrected chi connectivity index (χ3v) is 7.99. The molecule has 1 N–H and O–H groups in total. The van der Waals surface area contributed by atoms with Gasteiger partial charge in [0.25, 0.3) is 5.24 Å². The van der Waals surface area contributed by atoms with Gasteiger partial charge in [-0.3, -0.25) is 14.9 Å². The summed E-state index contributed by atoms with van der Waals surface area (Å²) in [7, 11) is 4.06. The van der Waals surface area contributed by atoms with Crippen LogP contribution >= 0.6 is 11.8 Å². The summed E-state index contributed by atoms with van der Waals surface area (Å²) >= 11 is 1.04. The molecule has 0 saturated carbocycles. The number of aryl methyl sites for hydroxylation is 1. The van der Waals surface area contributed by atoms with Crippen molar-refractivity contribution in [1.82, 2.24) is 14.9 Å². The van der Waals surface area contributed by atoms with Crippen molar-refractivity contribution in [2.75, 3.05) is 18.5 Å². The van der Waals surface area contributed by atoms with Gasteiger partial charge in [-0.05, 0) is 73.0 Å². The van der Waals surface area contributed by atoms with Crippen LogP contribution in [0.15, 0.2) is 66.7 Å². The van der Waals surface area contributed by atoms with Gasteiger partial charge >= 0.3 is 0 Å². The van der Waals surface area contributed by atoms with Crippen LogP contribution in [0.25, 0.3) is 11.0 Å². The lowest BCUT2D eigenvalue weighted by molar-refractivity contribution is -0.121. The van der Waals surface area contributed by atoms with Crippen LogP contribution in [-0.4, -0.2) is 39.0 Å². The van der Waals surface area contributed by atoms with Gasteiger partial charge in [0.1, 0.15) is 34.4 Å². The smallest absolute Gasteiger partial charge is 0.286 e. The highest BCUT2D eigenvalue weighted by Gasteiger charge is 2.43. The second-order valence-electron chi connectivity index (χ2n) is 10.8. The van der Waals surface area contributed by atoms with Gasteiger partial charge in [-0.2, -0.15) is 0 Å². The van der Waals surface area contributed by atoms with Gasteiger partial charge in [-0.15, -0.1) is 0 Å². The number of carbonyl (C=O) groups is 2. The Bertz CT molecular complexity index is 1550. The lowest BCUT2D eigenvalue weighted by Crippen LogP contribution is -2.35. The highest BCUT2D eigenvalue weighted by atomic mass is 32.2. The minimum absolute atomic E-state index is 0.249. The third-order valence-electron chi connectivity index (χ3n) is 6.92. The molecule has 2 heterocycles. The predicted octanol–water partition coefficient (Wildman–Crippen LogP) is 6.32. The molecule has 2 amide bonds. The first-order valence-electron chi connectivity index (χ1n) is 13.3. The monoisotopic (exact) mass is 558 g/mol. The molecule has 0 spiro atoms. The van der Waals surface area contributed by atoms with Gasteiger partial charge in [0, 0.05) is 38.5 Å². The lowest BCUT2D eigenvalue weighted by Gasteiger charge is -2.22. The number of anilines is 1. The fourth-order valence-corrected chi connectivity index (χ4v) is 5.78. The van der Waals surface area contributed by atoms with E-state index in [0.717, 1.165) is 57.9 Å². The number of hydrogen-bond donors (Lipinski definition) is 1. The van der Waals surface area contributed by atoms with Crippen LogP contribution in [0, 0.1) is 5.92 Å². The number of fused-ring (bicyclic) bond motifs is 1. The zero-order valence-corrected chi connectivity index (χ0v) is 24.2. The van der Waals surface area contributed by atoms with Gasteiger partial charge in [0.05, 0.1) is 11.0 Å². The molecule has 0 bridgehead atoms. The quantitative estimate of drug-likeness (QED) is 0.244. The molecule has 1 saturated heterocycles. The lowest BCUT2D eigenvalue weighted by atomic mass is 9.99. The molecule has 1 aliphatic rings. The Morgan fingerprint density at radius 1 is 1.02 bits per heavy atom. The molecule has 1 atom stereocenters. The molecule has 40 heavy (non-hydrogen) atoms. The van der Waals surface area contributed by atoms with E-state index >= 15 is 0 Å². The average Bonchev–Trinajstić information content (AvgIpc) is 3.36. The van der Waals surface area contributed by atoms with Crippen molar-refractivity contribution in [3.63, 3.8) is 0 Å². The zero-order chi connectivity index (χ0) is 28.4. The minimum atomic E-state index is -0.790. The van der Waals surface area contributed by atoms with Crippen molar-refractivity contribution in [3.05, 3.63) is 78.1 Å². The Morgan fingerprint density at radius 3 is 2.45 bits per heavy atom. The second kappa shape index (κ2) is 11.3. The number of nitrogens with zero attached hydrogens (tertiary/aromatic N) is 3. The van der Waals surface area contributed by atoms with E-state index in [9.17, 15) is 9.59 Å². The molecule has 9 heteroatoms. The molecule has 3 aromatic carbocycles. The van der Waals surface area contributed by atoms with Gasteiger partial charge < -0.3 is 18.9 Å². The summed E-state index contributed by atoms with van der Waals surface area (Å²) in [5, 5.41) is 2.06. The maximum Gasteiger partial charge on any atom is 0.286 e. The summed E-state index contributed by atoms with van der Waals surface area (Å²) in [6.45, 7) is 7.47. The van der Waals surface area contributed by atoms with Crippen LogP contribution in [0.3, 0.4) is 0 Å². The van der Waals surface area contributed by atoms with E-state index in [2.05, 4.69) is 43.2 Å². The number of aromatic nitrogens is 2. The van der Waals surface area contributed by atoms with Crippen LogP contribution in [0.1, 0.15) is 32.2 Å². The summed E-state index contributed by atoms with van der Waals surface area (Å²) in [6, 6.07) is 21.6. The Morgan fingerprint density at radius 2 is 1.75 bits per heavy atom. The molecule has 0 aliphatic carbocycles. The highest BCUT2D eigenvalue weighted by Crippen LogP contribution is 2.35. The zero-order valence-electron chi connectivity index (χ0n) is 23.4. The number of hydrogen-bond acceptors (Lipinski definition) is 7. The van der Waals surface area contributed by atoms with Crippen LogP contribution in [-0.2, 0) is 24.9 Å². The molecule has 1 aliphatic heterocycles. The molecule has 1 fully saturated rings. The van der Waals surface area contributed by atoms with Crippen LogP contribution in [0.5, 0.6) is 17.2 Å². The molecule has 0 unspecified atom stereocenters. The predicted molar refractivity (Wildman–Crippen MR) is 159 cm³/mol. The second-order valence-corrected chi connectivity index (χ2v) is 12.3. The van der Waals surface area contributed by atoms with E-state index in [1.165, 1.54) is 0 Å². The van der Waals surface area contributed by atoms with Crippen molar-refractivity contribution < 1.29 is 19.1 Å². The molecule has 208 valence electrons. The number of rotatable bonds is 10. The van der Waals surface area contributed by atoms with Gasteiger partial charge in [0.15, 0.2) is 0 Å². The number of imidazole rings is 1. The number of imide groups is 1. The van der Waals surface area contributed by atoms with Crippen molar-refractivity contribution >= 4 is 39.6 Å². The Labute approximate surface area is 238 Å². The first-order chi connectivity index (χ1) is 19.1. The Balaban J connectivity index is 1.24. The van der Waals surface area contributed by atoms with Crippen molar-refractivity contribution in [2.45, 2.75) is 38.5 Å². The van der Waals surface area contributed by atoms with E-state index in [1.807, 2.05) is 66.2 Å². The number of carbonyl (C=O) groups excluding carboxylic acids is 2. The maximum atomic E-state index is 12.1. The van der Waals surface area contributed by atoms with E-state index in [1.54, 1.807) is 6.92 Å². The van der Waals surface area contributed by atoms with Crippen LogP contribution in [0.4, 0.5) is 10.5 Å². The Hall–Kier alpha value is -3.98. The number of thioether (sulfide) groups is 1. The van der Waals surface area contributed by atoms with E-state index in [-0.39, 0.29) is 11.1 Å². The van der Waals surface area contributed by atoms with Crippen molar-refractivity contribution in [3.8, 4) is 17.2 Å². The highest BCUT2D eigenvalue weighted by molar-refractivity contribution is 8.16. The first-order valence-corrected chi connectivity index (χ1v) is 14.1. The Kier molecular flexibility index (Phi) is 7.76. The SMILES string of the molecule is CC(C)CN(C)c1cccc(Oc2ccc3nc(COc4ccc(C[C@]5(C)SC(=O)NC5=O)cc4)n(C)c3c2)c1. The molecular formula is C31H34N4O4S. The summed E-state index contributed by atoms with van der Waals surface area (Å²) in [4.78, 5) is 30.7. The third kappa shape index (κ3) is 6.09. The van der Waals surface area contributed by atoms with Gasteiger partial charge in [-0.1, -0.05) is 32.0 Å². The maximum absolute atomic E-state index is 12.1. The van der Waals surface area contributed by atoms with E-state index < -0.39 is 4.75 Å². The molecule has 1 aromatic heterocycles. The number of nitrogens with one attached hydrogen (secondary N) is 1. The summed E-state index contributed by atoms with van der Waals surface area (Å²) in [5.74, 6) is 3.34. The molecular weight excluding hydrogens is 524 g/mol. The van der Waals surface area contributed by atoms with Crippen molar-refractivity contribution in [2.24, 2.45) is 13.0 Å². The summed E-state index contributed by atoms with van der Waals surface area (Å²) < 4.78 is 13.5. The van der Waals surface area contributed by atoms with E-state index in [0.29, 0.717) is 24.7 Å². The number of ether oxygens (including phenoxy) is 2. The first kappa shape index (κ1) is 27.6. The van der Waals surface area contributed by atoms with E-state index in [4.69, 9.17) is 14.5 Å². The largest absolute Gasteiger partial charge is 0.486 e. The fraction of sp³-hybridized carbons (Fsp3) is 0.323. The van der Waals surface area contributed by atoms with Crippen LogP contribution < -0.4 is 19.7 Å². The summed E-state index contributed by atoms with van der Waals surface area (Å²) in [5.41, 5.74) is 3.89. The van der Waals surface area contributed by atoms with Gasteiger partial charge in [-0.25, -0.2) is 4.98 Å². The van der Waals surface area contributed by atoms with Crippen LogP contribution in [0.2, 0.25) is 0 Å². The molecule has 0 radical (unpaired) electrons. The average molecular weight is 559 g/mol. The normalized spacial score (nSPS) is 16.9. The topological polar surface area (TPSA) is 85.7 Å². The standard InChI is InChI=1S/C31H34N4O4S/c1-20(2)18-34(4)22-7-6-8-24(15-22)39-25-13-14-26-27(16-25)35(5)28(32-26)19-38-23-11-9-21(10-12-23)17-31(3)29(36)33-30(37)40-31/h6-16,20H,17-19H2,1-5H3,(H,33,36,37)/t31-/m0/s1. The van der Waals surface area contributed by atoms with Gasteiger partial charge in [0.2, 0.25) is 5.91 Å². The number of amides is 2. The minimum Gasteiger partial charge on any atom is -0.486 e.